The standard InChI is InChI=1S/C14H11BrN2O3/c1-19-9-4-2-8(3-5-9)12-14(18)17-13-10(20-12)6-7-11(15)16-13/h2-7,12H,1H3,(H,16,17,18). The predicted octanol–water partition coefficient (Wildman–Crippen LogP) is 2.92. The van der Waals surface area contributed by atoms with E-state index in [-0.39, 0.29) is 5.91 Å². The molecule has 0 aliphatic carbocycles. The summed E-state index contributed by atoms with van der Waals surface area (Å²) in [4.78, 5) is 16.3. The average molecular weight is 335 g/mol. The molecule has 0 bridgehead atoms. The van der Waals surface area contributed by atoms with Gasteiger partial charge in [0.05, 0.1) is 7.11 Å². The van der Waals surface area contributed by atoms with Gasteiger partial charge in [-0.2, -0.15) is 0 Å². The normalized spacial score (nSPS) is 16.9. The lowest BCUT2D eigenvalue weighted by molar-refractivity contribution is -0.123. The third-order valence-electron chi connectivity index (χ3n) is 2.97. The Morgan fingerprint density at radius 1 is 1.25 bits per heavy atom. The fourth-order valence-corrected chi connectivity index (χ4v) is 2.28. The number of anilines is 1. The number of nitrogens with zero attached hydrogens (tertiary/aromatic N) is 1. The zero-order valence-electron chi connectivity index (χ0n) is 10.6. The van der Waals surface area contributed by atoms with Crippen LogP contribution in [0, 0.1) is 0 Å². The molecule has 102 valence electrons. The van der Waals surface area contributed by atoms with Gasteiger partial charge in [0, 0.05) is 5.56 Å². The molecule has 1 atom stereocenters. The Balaban J connectivity index is 1.91. The van der Waals surface area contributed by atoms with Crippen molar-refractivity contribution in [3.63, 3.8) is 0 Å². The van der Waals surface area contributed by atoms with Gasteiger partial charge in [0.1, 0.15) is 10.4 Å². The van der Waals surface area contributed by atoms with Crippen molar-refractivity contribution in [1.29, 1.82) is 0 Å². The number of aromatic nitrogens is 1. The van der Waals surface area contributed by atoms with Gasteiger partial charge in [0.25, 0.3) is 5.91 Å². The van der Waals surface area contributed by atoms with Gasteiger partial charge in [-0.3, -0.25) is 4.79 Å². The van der Waals surface area contributed by atoms with Crippen LogP contribution >= 0.6 is 15.9 Å². The van der Waals surface area contributed by atoms with Crippen molar-refractivity contribution >= 4 is 27.7 Å². The number of fused-ring (bicyclic) bond motifs is 1. The molecule has 1 aromatic carbocycles. The highest BCUT2D eigenvalue weighted by Crippen LogP contribution is 2.34. The Labute approximate surface area is 124 Å². The second-order valence-electron chi connectivity index (χ2n) is 4.24. The molecule has 0 saturated carbocycles. The number of hydrogen-bond donors (Lipinski definition) is 1. The van der Waals surface area contributed by atoms with Crippen molar-refractivity contribution in [1.82, 2.24) is 4.98 Å². The molecular formula is C14H11BrN2O3. The lowest BCUT2D eigenvalue weighted by atomic mass is 10.1. The molecule has 0 saturated heterocycles. The number of carbonyl (C=O) groups is 1. The van der Waals surface area contributed by atoms with Crippen molar-refractivity contribution in [2.45, 2.75) is 6.10 Å². The quantitative estimate of drug-likeness (QED) is 0.858. The molecule has 3 rings (SSSR count). The van der Waals surface area contributed by atoms with Gasteiger partial charge in [-0.15, -0.1) is 0 Å². The van der Waals surface area contributed by atoms with Gasteiger partial charge < -0.3 is 14.8 Å². The maximum absolute atomic E-state index is 12.1. The van der Waals surface area contributed by atoms with E-state index in [1.807, 2.05) is 0 Å². The van der Waals surface area contributed by atoms with E-state index in [2.05, 4.69) is 26.2 Å². The zero-order valence-corrected chi connectivity index (χ0v) is 12.2. The minimum absolute atomic E-state index is 0.242. The van der Waals surface area contributed by atoms with Crippen LogP contribution in [-0.4, -0.2) is 18.0 Å². The molecule has 20 heavy (non-hydrogen) atoms. The average Bonchev–Trinajstić information content (AvgIpc) is 2.46. The van der Waals surface area contributed by atoms with Gasteiger partial charge in [0.15, 0.2) is 11.6 Å². The van der Waals surface area contributed by atoms with Crippen LogP contribution in [0.4, 0.5) is 5.82 Å². The van der Waals surface area contributed by atoms with Crippen LogP contribution in [0.1, 0.15) is 11.7 Å². The zero-order chi connectivity index (χ0) is 14.1. The first-order chi connectivity index (χ1) is 9.67. The fraction of sp³-hybridized carbons (Fsp3) is 0.143. The number of amides is 1. The fourth-order valence-electron chi connectivity index (χ4n) is 1.97. The minimum Gasteiger partial charge on any atom is -0.497 e. The second kappa shape index (κ2) is 5.13. The summed E-state index contributed by atoms with van der Waals surface area (Å²) in [5, 5.41) is 2.74. The van der Waals surface area contributed by atoms with Crippen molar-refractivity contribution in [3.05, 3.63) is 46.6 Å². The Kier molecular flexibility index (Phi) is 3.31. The summed E-state index contributed by atoms with van der Waals surface area (Å²) in [5.74, 6) is 1.46. The lowest BCUT2D eigenvalue weighted by Crippen LogP contribution is -2.30. The smallest absolute Gasteiger partial charge is 0.271 e. The largest absolute Gasteiger partial charge is 0.497 e. The summed E-state index contributed by atoms with van der Waals surface area (Å²) < 4.78 is 11.5. The SMILES string of the molecule is COc1ccc(C2Oc3ccc(Br)nc3NC2=O)cc1. The highest BCUT2D eigenvalue weighted by atomic mass is 79.9. The van der Waals surface area contributed by atoms with Crippen molar-refractivity contribution in [3.8, 4) is 11.5 Å². The van der Waals surface area contributed by atoms with Crippen LogP contribution in [0.5, 0.6) is 11.5 Å². The van der Waals surface area contributed by atoms with E-state index in [0.29, 0.717) is 16.2 Å². The highest BCUT2D eigenvalue weighted by Gasteiger charge is 2.30. The van der Waals surface area contributed by atoms with Crippen LogP contribution in [0.15, 0.2) is 41.0 Å². The van der Waals surface area contributed by atoms with Gasteiger partial charge in [-0.05, 0) is 40.2 Å². The lowest BCUT2D eigenvalue weighted by Gasteiger charge is -2.25. The Morgan fingerprint density at radius 3 is 2.70 bits per heavy atom. The molecule has 5 nitrogen and oxygen atoms in total. The first-order valence-electron chi connectivity index (χ1n) is 5.95. The molecule has 1 unspecified atom stereocenters. The predicted molar refractivity (Wildman–Crippen MR) is 76.9 cm³/mol. The van der Waals surface area contributed by atoms with E-state index in [9.17, 15) is 4.79 Å². The third kappa shape index (κ3) is 2.34. The van der Waals surface area contributed by atoms with E-state index in [1.54, 1.807) is 43.5 Å². The monoisotopic (exact) mass is 334 g/mol. The first-order valence-corrected chi connectivity index (χ1v) is 6.74. The first kappa shape index (κ1) is 12.9. The number of pyridine rings is 1. The summed E-state index contributed by atoms with van der Waals surface area (Å²) in [5.41, 5.74) is 0.761. The summed E-state index contributed by atoms with van der Waals surface area (Å²) in [6.45, 7) is 0. The molecule has 1 aliphatic heterocycles. The van der Waals surface area contributed by atoms with Gasteiger partial charge in [-0.25, -0.2) is 4.98 Å². The number of methoxy groups -OCH3 is 1. The van der Waals surface area contributed by atoms with Gasteiger partial charge >= 0.3 is 0 Å². The van der Waals surface area contributed by atoms with E-state index in [0.717, 1.165) is 11.3 Å². The molecule has 1 N–H and O–H groups in total. The molecule has 6 heteroatoms. The summed E-state index contributed by atoms with van der Waals surface area (Å²) in [7, 11) is 1.60. The molecule has 1 aromatic heterocycles. The van der Waals surface area contributed by atoms with E-state index in [4.69, 9.17) is 9.47 Å². The molecule has 0 fully saturated rings. The maximum Gasteiger partial charge on any atom is 0.271 e. The van der Waals surface area contributed by atoms with Crippen molar-refractivity contribution < 1.29 is 14.3 Å². The molecule has 0 radical (unpaired) electrons. The molecule has 2 heterocycles. The van der Waals surface area contributed by atoms with Gasteiger partial charge in [-0.1, -0.05) is 12.1 Å². The number of carbonyl (C=O) groups excluding carboxylic acids is 1. The van der Waals surface area contributed by atoms with Crippen LogP contribution in [0.25, 0.3) is 0 Å². The number of rotatable bonds is 2. The van der Waals surface area contributed by atoms with Crippen LogP contribution in [-0.2, 0) is 4.79 Å². The molecule has 0 spiro atoms. The molecule has 1 amide bonds. The van der Waals surface area contributed by atoms with Crippen molar-refractivity contribution in [2.24, 2.45) is 0 Å². The van der Waals surface area contributed by atoms with Crippen molar-refractivity contribution in [2.75, 3.05) is 12.4 Å². The number of halogens is 1. The van der Waals surface area contributed by atoms with Crippen LogP contribution < -0.4 is 14.8 Å². The number of nitrogens with one attached hydrogen (secondary N) is 1. The minimum atomic E-state index is -0.684. The second-order valence-corrected chi connectivity index (χ2v) is 5.05. The Hall–Kier alpha value is -2.08. The number of ether oxygens (including phenoxy) is 2. The van der Waals surface area contributed by atoms with E-state index >= 15 is 0 Å². The molecular weight excluding hydrogens is 324 g/mol. The topological polar surface area (TPSA) is 60.5 Å². The van der Waals surface area contributed by atoms with Crippen LogP contribution in [0.2, 0.25) is 0 Å². The molecule has 1 aliphatic rings. The number of benzene rings is 1. The summed E-state index contributed by atoms with van der Waals surface area (Å²) in [6.07, 6.45) is -0.684. The summed E-state index contributed by atoms with van der Waals surface area (Å²) >= 11 is 3.25. The van der Waals surface area contributed by atoms with Crippen LogP contribution in [0.3, 0.4) is 0 Å². The highest BCUT2D eigenvalue weighted by molar-refractivity contribution is 9.10. The van der Waals surface area contributed by atoms with Gasteiger partial charge in [0.2, 0.25) is 6.10 Å². The molecule has 2 aromatic rings. The Bertz CT molecular complexity index is 658. The summed E-state index contributed by atoms with van der Waals surface area (Å²) in [6, 6.07) is 10.7. The number of hydrogen-bond acceptors (Lipinski definition) is 4. The van der Waals surface area contributed by atoms with E-state index < -0.39 is 6.10 Å². The van der Waals surface area contributed by atoms with E-state index in [1.165, 1.54) is 0 Å². The maximum atomic E-state index is 12.1. The Morgan fingerprint density at radius 2 is 2.00 bits per heavy atom. The third-order valence-corrected chi connectivity index (χ3v) is 3.41.